The standard InChI is InChI=1S/C16H28N2O2/c1-3-20-15(19)16(17-13-6-4-5-7-13)10-12(2)18(11-16)14-8-9-14/h12-14,17H,3-11H2,1-2H3. The van der Waals surface area contributed by atoms with Crippen molar-refractivity contribution in [3.63, 3.8) is 0 Å². The number of hydrogen-bond donors (Lipinski definition) is 1. The molecule has 2 unspecified atom stereocenters. The third kappa shape index (κ3) is 2.73. The molecule has 0 amide bonds. The van der Waals surface area contributed by atoms with E-state index in [9.17, 15) is 4.79 Å². The number of nitrogens with one attached hydrogen (secondary N) is 1. The third-order valence-corrected chi connectivity index (χ3v) is 5.18. The average Bonchev–Trinajstić information content (AvgIpc) is 3.03. The molecular weight excluding hydrogens is 252 g/mol. The lowest BCUT2D eigenvalue weighted by Crippen LogP contribution is -2.58. The fourth-order valence-electron chi connectivity index (χ4n) is 4.09. The highest BCUT2D eigenvalue weighted by Gasteiger charge is 2.52. The van der Waals surface area contributed by atoms with Gasteiger partial charge in [-0.1, -0.05) is 12.8 Å². The second-order valence-corrected chi connectivity index (χ2v) is 6.88. The van der Waals surface area contributed by atoms with Crippen LogP contribution in [0.5, 0.6) is 0 Å². The first-order valence-electron chi connectivity index (χ1n) is 8.35. The first-order chi connectivity index (χ1) is 9.64. The Hall–Kier alpha value is -0.610. The molecule has 3 aliphatic rings. The molecular formula is C16H28N2O2. The first-order valence-corrected chi connectivity index (χ1v) is 8.35. The number of nitrogens with zero attached hydrogens (tertiary/aromatic N) is 1. The zero-order valence-electron chi connectivity index (χ0n) is 12.9. The van der Waals surface area contributed by atoms with Gasteiger partial charge in [-0.2, -0.15) is 0 Å². The van der Waals surface area contributed by atoms with E-state index in [0.717, 1.165) is 13.0 Å². The molecule has 2 saturated carbocycles. The van der Waals surface area contributed by atoms with Gasteiger partial charge < -0.3 is 4.74 Å². The summed E-state index contributed by atoms with van der Waals surface area (Å²) < 4.78 is 5.41. The normalized spacial score (nSPS) is 35.6. The first kappa shape index (κ1) is 14.3. The molecule has 1 heterocycles. The summed E-state index contributed by atoms with van der Waals surface area (Å²) in [7, 11) is 0. The lowest BCUT2D eigenvalue weighted by molar-refractivity contribution is -0.151. The Morgan fingerprint density at radius 3 is 2.60 bits per heavy atom. The quantitative estimate of drug-likeness (QED) is 0.783. The summed E-state index contributed by atoms with van der Waals surface area (Å²) in [5.74, 6) is -0.0260. The van der Waals surface area contributed by atoms with Gasteiger partial charge in [0, 0.05) is 24.7 Å². The molecule has 2 atom stereocenters. The molecule has 20 heavy (non-hydrogen) atoms. The fraction of sp³-hybridized carbons (Fsp3) is 0.938. The SMILES string of the molecule is CCOC(=O)C1(NC2CCCC2)CC(C)N(C2CC2)C1. The molecule has 4 heteroatoms. The molecule has 0 aromatic carbocycles. The lowest BCUT2D eigenvalue weighted by atomic mass is 9.94. The molecule has 0 bridgehead atoms. The van der Waals surface area contributed by atoms with Crippen molar-refractivity contribution in [2.24, 2.45) is 0 Å². The van der Waals surface area contributed by atoms with Crippen LogP contribution < -0.4 is 5.32 Å². The molecule has 3 fully saturated rings. The number of hydrogen-bond acceptors (Lipinski definition) is 4. The van der Waals surface area contributed by atoms with Crippen molar-refractivity contribution in [3.05, 3.63) is 0 Å². The summed E-state index contributed by atoms with van der Waals surface area (Å²) in [4.78, 5) is 15.1. The van der Waals surface area contributed by atoms with Gasteiger partial charge in [0.1, 0.15) is 5.54 Å². The van der Waals surface area contributed by atoms with Crippen LogP contribution in [0.2, 0.25) is 0 Å². The van der Waals surface area contributed by atoms with Crippen molar-refractivity contribution in [1.82, 2.24) is 10.2 Å². The Balaban J connectivity index is 1.74. The van der Waals surface area contributed by atoms with Crippen LogP contribution in [0, 0.1) is 0 Å². The minimum atomic E-state index is -0.451. The van der Waals surface area contributed by atoms with Gasteiger partial charge in [0.15, 0.2) is 0 Å². The minimum absolute atomic E-state index is 0.0260. The number of likely N-dealkylation sites (tertiary alicyclic amines) is 1. The van der Waals surface area contributed by atoms with Crippen LogP contribution in [-0.4, -0.2) is 47.7 Å². The molecule has 0 aromatic heterocycles. The summed E-state index contributed by atoms with van der Waals surface area (Å²) in [6.07, 6.45) is 8.49. The summed E-state index contributed by atoms with van der Waals surface area (Å²) >= 11 is 0. The largest absolute Gasteiger partial charge is 0.465 e. The molecule has 1 saturated heterocycles. The molecule has 3 rings (SSSR count). The lowest BCUT2D eigenvalue weighted by Gasteiger charge is -2.31. The summed E-state index contributed by atoms with van der Waals surface area (Å²) in [5.41, 5.74) is -0.451. The summed E-state index contributed by atoms with van der Waals surface area (Å²) in [5, 5.41) is 3.70. The Morgan fingerprint density at radius 2 is 2.00 bits per heavy atom. The van der Waals surface area contributed by atoms with Crippen molar-refractivity contribution >= 4 is 5.97 Å². The van der Waals surface area contributed by atoms with Crippen LogP contribution in [0.1, 0.15) is 58.8 Å². The monoisotopic (exact) mass is 280 g/mol. The zero-order valence-corrected chi connectivity index (χ0v) is 12.9. The second-order valence-electron chi connectivity index (χ2n) is 6.88. The number of rotatable bonds is 5. The summed E-state index contributed by atoms with van der Waals surface area (Å²) in [6, 6.07) is 1.71. The Bertz CT molecular complexity index is 359. The maximum atomic E-state index is 12.6. The predicted molar refractivity (Wildman–Crippen MR) is 78.6 cm³/mol. The van der Waals surface area contributed by atoms with Crippen molar-refractivity contribution in [2.75, 3.05) is 13.2 Å². The van der Waals surface area contributed by atoms with Gasteiger partial charge in [0.2, 0.25) is 0 Å². The van der Waals surface area contributed by atoms with E-state index in [4.69, 9.17) is 4.74 Å². The Kier molecular flexibility index (Phi) is 4.04. The molecule has 1 N–H and O–H groups in total. The second kappa shape index (κ2) is 5.64. The van der Waals surface area contributed by atoms with Crippen LogP contribution in [0.25, 0.3) is 0 Å². The van der Waals surface area contributed by atoms with E-state index in [1.54, 1.807) is 0 Å². The Morgan fingerprint density at radius 1 is 1.30 bits per heavy atom. The Labute approximate surface area is 122 Å². The number of esters is 1. The molecule has 1 aliphatic heterocycles. The van der Waals surface area contributed by atoms with Crippen LogP contribution in [0.4, 0.5) is 0 Å². The predicted octanol–water partition coefficient (Wildman–Crippen LogP) is 2.08. The topological polar surface area (TPSA) is 41.6 Å². The van der Waals surface area contributed by atoms with Gasteiger partial charge in [-0.15, -0.1) is 0 Å². The average molecular weight is 280 g/mol. The maximum absolute atomic E-state index is 12.6. The van der Waals surface area contributed by atoms with E-state index in [0.29, 0.717) is 24.7 Å². The van der Waals surface area contributed by atoms with Gasteiger partial charge in [0.25, 0.3) is 0 Å². The van der Waals surface area contributed by atoms with Gasteiger partial charge in [-0.05, 0) is 46.0 Å². The molecule has 0 aromatic rings. The van der Waals surface area contributed by atoms with Crippen molar-refractivity contribution in [3.8, 4) is 0 Å². The number of ether oxygens (including phenoxy) is 1. The maximum Gasteiger partial charge on any atom is 0.327 e. The van der Waals surface area contributed by atoms with Gasteiger partial charge >= 0.3 is 5.97 Å². The molecule has 4 nitrogen and oxygen atoms in total. The van der Waals surface area contributed by atoms with Crippen LogP contribution >= 0.6 is 0 Å². The highest BCUT2D eigenvalue weighted by atomic mass is 16.5. The van der Waals surface area contributed by atoms with E-state index in [2.05, 4.69) is 17.1 Å². The van der Waals surface area contributed by atoms with Gasteiger partial charge in [0.05, 0.1) is 6.61 Å². The van der Waals surface area contributed by atoms with Gasteiger partial charge in [-0.3, -0.25) is 10.2 Å². The summed E-state index contributed by atoms with van der Waals surface area (Å²) in [6.45, 7) is 5.48. The van der Waals surface area contributed by atoms with E-state index in [-0.39, 0.29) is 5.97 Å². The highest BCUT2D eigenvalue weighted by Crippen LogP contribution is 2.38. The van der Waals surface area contributed by atoms with Crippen molar-refractivity contribution < 1.29 is 9.53 Å². The molecule has 2 aliphatic carbocycles. The number of carbonyl (C=O) groups excluding carboxylic acids is 1. The fourth-order valence-corrected chi connectivity index (χ4v) is 4.09. The van der Waals surface area contributed by atoms with Gasteiger partial charge in [-0.25, -0.2) is 4.79 Å². The minimum Gasteiger partial charge on any atom is -0.465 e. The van der Waals surface area contributed by atoms with Crippen LogP contribution in [0.3, 0.4) is 0 Å². The molecule has 0 spiro atoms. The highest BCUT2D eigenvalue weighted by molar-refractivity contribution is 5.82. The van der Waals surface area contributed by atoms with Crippen LogP contribution in [-0.2, 0) is 9.53 Å². The van der Waals surface area contributed by atoms with Crippen molar-refractivity contribution in [1.29, 1.82) is 0 Å². The van der Waals surface area contributed by atoms with E-state index >= 15 is 0 Å². The van der Waals surface area contributed by atoms with E-state index in [1.807, 2.05) is 6.92 Å². The van der Waals surface area contributed by atoms with Crippen LogP contribution in [0.15, 0.2) is 0 Å². The van der Waals surface area contributed by atoms with E-state index < -0.39 is 5.54 Å². The number of carbonyl (C=O) groups is 1. The zero-order chi connectivity index (χ0) is 14.2. The van der Waals surface area contributed by atoms with Crippen molar-refractivity contribution in [2.45, 2.75) is 82.5 Å². The smallest absolute Gasteiger partial charge is 0.327 e. The molecule has 114 valence electrons. The van der Waals surface area contributed by atoms with E-state index in [1.165, 1.54) is 38.5 Å². The molecule has 0 radical (unpaired) electrons. The third-order valence-electron chi connectivity index (χ3n) is 5.18.